The molecule has 4 aromatic carbocycles. The zero-order chi connectivity index (χ0) is 23.8. The lowest BCUT2D eigenvalue weighted by Gasteiger charge is -2.19. The average Bonchev–Trinajstić information content (AvgIpc) is 2.65. The molecule has 0 radical (unpaired) electrons. The van der Waals surface area contributed by atoms with Crippen LogP contribution in [0.25, 0.3) is 32.3 Å². The number of rotatable bonds is 5. The number of phenolic OH excluding ortho intramolecular Hbond substituents is 1. The Morgan fingerprint density at radius 3 is 1.59 bits per heavy atom. The van der Waals surface area contributed by atoms with Crippen LogP contribution in [0.4, 0.5) is 0 Å². The van der Waals surface area contributed by atoms with E-state index in [4.69, 9.17) is 0 Å². The first-order chi connectivity index (χ1) is 14.7. The third kappa shape index (κ3) is 3.21. The molecule has 168 valence electrons. The maximum atomic E-state index is 12.2. The Bertz CT molecular complexity index is 1730. The first-order valence-electron chi connectivity index (χ1n) is 8.70. The summed E-state index contributed by atoms with van der Waals surface area (Å²) in [6.07, 6.45) is 1.15. The molecule has 4 N–H and O–H groups in total. The highest BCUT2D eigenvalue weighted by atomic mass is 32.2. The first-order valence-corrected chi connectivity index (χ1v) is 13.0. The SMILES string of the molecule is C=CCc1c(O)c2ccc3c(S(=O)(=O)O)cc(S(=O)(=O)O)c4ccc(c1S(=O)(=O)O)c2c34. The molecule has 0 saturated heterocycles. The van der Waals surface area contributed by atoms with Gasteiger partial charge in [0.25, 0.3) is 30.4 Å². The van der Waals surface area contributed by atoms with E-state index in [-0.39, 0.29) is 44.3 Å². The molecular formula is C19H14O10S3. The molecule has 0 fully saturated rings. The van der Waals surface area contributed by atoms with Gasteiger partial charge in [0.1, 0.15) is 20.4 Å². The molecule has 4 aromatic rings. The van der Waals surface area contributed by atoms with Gasteiger partial charge in [-0.3, -0.25) is 13.7 Å². The molecule has 0 amide bonds. The van der Waals surface area contributed by atoms with Gasteiger partial charge in [0.15, 0.2) is 0 Å². The van der Waals surface area contributed by atoms with Gasteiger partial charge in [0.2, 0.25) is 0 Å². The summed E-state index contributed by atoms with van der Waals surface area (Å²) in [5.74, 6) is -0.551. The highest BCUT2D eigenvalue weighted by molar-refractivity contribution is 7.87. The molecule has 0 atom stereocenters. The lowest BCUT2D eigenvalue weighted by atomic mass is 9.91. The summed E-state index contributed by atoms with van der Waals surface area (Å²) >= 11 is 0. The van der Waals surface area contributed by atoms with Crippen molar-refractivity contribution in [2.45, 2.75) is 21.1 Å². The zero-order valence-electron chi connectivity index (χ0n) is 15.8. The van der Waals surface area contributed by atoms with Gasteiger partial charge >= 0.3 is 0 Å². The number of hydrogen-bond donors (Lipinski definition) is 4. The Morgan fingerprint density at radius 2 is 1.16 bits per heavy atom. The van der Waals surface area contributed by atoms with Crippen molar-refractivity contribution in [1.82, 2.24) is 0 Å². The lowest BCUT2D eigenvalue weighted by molar-refractivity contribution is 0.466. The van der Waals surface area contributed by atoms with Crippen LogP contribution in [0.5, 0.6) is 5.75 Å². The summed E-state index contributed by atoms with van der Waals surface area (Å²) in [5, 5.41) is 10.1. The van der Waals surface area contributed by atoms with Crippen molar-refractivity contribution in [2.75, 3.05) is 0 Å². The molecule has 0 saturated carbocycles. The summed E-state index contributed by atoms with van der Waals surface area (Å²) in [6, 6.07) is 5.34. The molecule has 0 aliphatic heterocycles. The molecule has 13 heteroatoms. The highest BCUT2D eigenvalue weighted by Gasteiger charge is 2.30. The van der Waals surface area contributed by atoms with Crippen LogP contribution in [0.15, 0.2) is 57.7 Å². The van der Waals surface area contributed by atoms with Crippen molar-refractivity contribution >= 4 is 62.7 Å². The van der Waals surface area contributed by atoms with Crippen LogP contribution in [0.2, 0.25) is 0 Å². The number of hydrogen-bond acceptors (Lipinski definition) is 7. The van der Waals surface area contributed by atoms with Crippen LogP contribution in [-0.2, 0) is 36.8 Å². The van der Waals surface area contributed by atoms with Crippen LogP contribution < -0.4 is 0 Å². The van der Waals surface area contributed by atoms with E-state index >= 15 is 0 Å². The number of aromatic hydroxyl groups is 1. The maximum Gasteiger partial charge on any atom is 0.295 e. The van der Waals surface area contributed by atoms with Crippen molar-refractivity contribution in [2.24, 2.45) is 0 Å². The highest BCUT2D eigenvalue weighted by Crippen LogP contribution is 2.46. The molecule has 0 unspecified atom stereocenters. The molecule has 0 aromatic heterocycles. The first kappa shape index (κ1) is 22.4. The summed E-state index contributed by atoms with van der Waals surface area (Å²) in [4.78, 5) is -2.37. The fraction of sp³-hybridized carbons (Fsp3) is 0.0526. The molecule has 0 spiro atoms. The van der Waals surface area contributed by atoms with Gasteiger partial charge in [0.05, 0.1) is 0 Å². The minimum Gasteiger partial charge on any atom is -0.507 e. The van der Waals surface area contributed by atoms with Crippen molar-refractivity contribution in [3.8, 4) is 5.75 Å². The van der Waals surface area contributed by atoms with E-state index in [2.05, 4.69) is 6.58 Å². The van der Waals surface area contributed by atoms with Crippen molar-refractivity contribution in [1.29, 1.82) is 0 Å². The van der Waals surface area contributed by atoms with Gasteiger partial charge in [-0.25, -0.2) is 0 Å². The van der Waals surface area contributed by atoms with E-state index in [1.54, 1.807) is 0 Å². The van der Waals surface area contributed by atoms with Crippen molar-refractivity contribution in [3.05, 3.63) is 48.6 Å². The van der Waals surface area contributed by atoms with E-state index in [0.717, 1.165) is 6.07 Å². The Balaban J connectivity index is 2.47. The molecule has 4 rings (SSSR count). The summed E-state index contributed by atoms with van der Waals surface area (Å²) in [5.41, 5.74) is -0.168. The number of phenols is 1. The topological polar surface area (TPSA) is 183 Å². The van der Waals surface area contributed by atoms with Crippen molar-refractivity contribution < 1.29 is 44.0 Å². The minimum atomic E-state index is -4.99. The predicted molar refractivity (Wildman–Crippen MR) is 115 cm³/mol. The molecular weight excluding hydrogens is 484 g/mol. The second-order valence-electron chi connectivity index (χ2n) is 7.02. The fourth-order valence-corrected chi connectivity index (χ4v) is 6.50. The standard InChI is InChI=1S/C19H14O10S3/c1-2-3-13-18(20)11-6-4-9-14(30(21,22)23)8-15(31(24,25)26)10-5-7-12(17(11)16(9)10)19(13)32(27,28)29/h2,4-8,20H,1,3H2,(H,21,22,23)(H,24,25,26)(H,27,28,29). The van der Waals surface area contributed by atoms with Gasteiger partial charge in [0, 0.05) is 37.9 Å². The Kier molecular flexibility index (Phi) is 4.79. The van der Waals surface area contributed by atoms with Crippen molar-refractivity contribution in [3.63, 3.8) is 0 Å². The van der Waals surface area contributed by atoms with Crippen LogP contribution >= 0.6 is 0 Å². The van der Waals surface area contributed by atoms with Gasteiger partial charge in [-0.15, -0.1) is 6.58 Å². The molecule has 10 nitrogen and oxygen atoms in total. The number of benzene rings is 4. The molecule has 0 heterocycles. The lowest BCUT2D eigenvalue weighted by Crippen LogP contribution is -2.08. The smallest absolute Gasteiger partial charge is 0.295 e. The summed E-state index contributed by atoms with van der Waals surface area (Å²) in [6.45, 7) is 3.50. The molecule has 32 heavy (non-hydrogen) atoms. The second-order valence-corrected chi connectivity index (χ2v) is 11.2. The summed E-state index contributed by atoms with van der Waals surface area (Å²) < 4.78 is 102. The van der Waals surface area contributed by atoms with Crippen LogP contribution in [0, 0.1) is 0 Å². The normalized spacial score (nSPS) is 13.3. The van der Waals surface area contributed by atoms with E-state index in [0.29, 0.717) is 6.07 Å². The van der Waals surface area contributed by atoms with Gasteiger partial charge in [-0.2, -0.15) is 25.3 Å². The van der Waals surface area contributed by atoms with E-state index in [1.807, 2.05) is 0 Å². The Labute approximate surface area is 182 Å². The number of allylic oxidation sites excluding steroid dienone is 1. The van der Waals surface area contributed by atoms with E-state index in [1.165, 1.54) is 24.3 Å². The Morgan fingerprint density at radius 1 is 0.719 bits per heavy atom. The largest absolute Gasteiger partial charge is 0.507 e. The van der Waals surface area contributed by atoms with Gasteiger partial charge in [-0.05, 0) is 18.6 Å². The molecule has 0 bridgehead atoms. The third-order valence-electron chi connectivity index (χ3n) is 5.18. The average molecular weight is 499 g/mol. The third-order valence-corrected chi connectivity index (χ3v) is 7.95. The van der Waals surface area contributed by atoms with E-state index in [9.17, 15) is 44.0 Å². The Hall–Kier alpha value is -2.81. The minimum absolute atomic E-state index is 0.0242. The molecule has 0 aliphatic carbocycles. The van der Waals surface area contributed by atoms with Crippen LogP contribution in [0.3, 0.4) is 0 Å². The summed E-state index contributed by atoms with van der Waals surface area (Å²) in [7, 11) is -14.9. The van der Waals surface area contributed by atoms with Gasteiger partial charge in [-0.1, -0.05) is 24.3 Å². The fourth-order valence-electron chi connectivity index (χ4n) is 4.06. The van der Waals surface area contributed by atoms with Gasteiger partial charge < -0.3 is 5.11 Å². The van der Waals surface area contributed by atoms with Crippen LogP contribution in [0.1, 0.15) is 5.56 Å². The predicted octanol–water partition coefficient (Wildman–Crippen LogP) is 2.76. The quantitative estimate of drug-likeness (QED) is 0.181. The van der Waals surface area contributed by atoms with Crippen LogP contribution in [-0.4, -0.2) is 44.0 Å². The monoisotopic (exact) mass is 498 g/mol. The van der Waals surface area contributed by atoms with E-state index < -0.39 is 50.8 Å². The maximum absolute atomic E-state index is 12.2. The second kappa shape index (κ2) is 6.84. The molecule has 0 aliphatic rings. The zero-order valence-corrected chi connectivity index (χ0v) is 18.3.